The van der Waals surface area contributed by atoms with E-state index in [0.717, 1.165) is 19.3 Å². The average molecular weight is 285 g/mol. The number of benzene rings is 1. The van der Waals surface area contributed by atoms with Crippen LogP contribution in [0.4, 0.5) is 0 Å². The summed E-state index contributed by atoms with van der Waals surface area (Å²) >= 11 is 0. The quantitative estimate of drug-likeness (QED) is 0.681. The van der Waals surface area contributed by atoms with Gasteiger partial charge in [-0.1, -0.05) is 11.6 Å². The Morgan fingerprint density at radius 1 is 1.19 bits per heavy atom. The van der Waals surface area contributed by atoms with Crippen molar-refractivity contribution < 1.29 is 19.5 Å². The van der Waals surface area contributed by atoms with Crippen LogP contribution in [0.5, 0.6) is 0 Å². The zero-order chi connectivity index (χ0) is 15.0. The Morgan fingerprint density at radius 3 is 2.62 bits per heavy atom. The van der Waals surface area contributed by atoms with Crippen LogP contribution in [0.3, 0.4) is 0 Å². The Balaban J connectivity index is 1.81. The first-order valence-electron chi connectivity index (χ1n) is 6.99. The van der Waals surface area contributed by atoms with Crippen molar-refractivity contribution in [3.63, 3.8) is 0 Å². The lowest BCUT2D eigenvalue weighted by Gasteiger charge is -2.13. The van der Waals surface area contributed by atoms with Crippen LogP contribution in [-0.2, 0) is 0 Å². The lowest BCUT2D eigenvalue weighted by Crippen LogP contribution is -2.30. The number of amides is 2. The lowest BCUT2D eigenvalue weighted by molar-refractivity contribution is 0.0654. The van der Waals surface area contributed by atoms with Crippen molar-refractivity contribution in [3.8, 4) is 0 Å². The number of hydrogen-bond donors (Lipinski definition) is 1. The molecule has 1 aliphatic carbocycles. The molecule has 0 unspecified atom stereocenters. The average Bonchev–Trinajstić information content (AvgIpc) is 3.06. The van der Waals surface area contributed by atoms with Crippen molar-refractivity contribution in [3.05, 3.63) is 46.5 Å². The van der Waals surface area contributed by atoms with E-state index in [1.54, 1.807) is 0 Å². The van der Waals surface area contributed by atoms with Crippen LogP contribution >= 0.6 is 0 Å². The number of carboxylic acids is 1. The van der Waals surface area contributed by atoms with Gasteiger partial charge in [-0.25, -0.2) is 4.79 Å². The lowest BCUT2D eigenvalue weighted by atomic mass is 10.1. The van der Waals surface area contributed by atoms with Gasteiger partial charge in [-0.3, -0.25) is 14.5 Å². The molecule has 1 N–H and O–H groups in total. The second-order valence-electron chi connectivity index (χ2n) is 5.33. The highest BCUT2D eigenvalue weighted by atomic mass is 16.4. The van der Waals surface area contributed by atoms with E-state index in [0.29, 0.717) is 18.5 Å². The molecule has 21 heavy (non-hydrogen) atoms. The molecule has 5 nitrogen and oxygen atoms in total. The Morgan fingerprint density at radius 2 is 1.95 bits per heavy atom. The fourth-order valence-corrected chi connectivity index (χ4v) is 2.85. The molecule has 3 rings (SSSR count). The predicted molar refractivity (Wildman–Crippen MR) is 75.3 cm³/mol. The number of carbonyl (C=O) groups is 3. The smallest absolute Gasteiger partial charge is 0.335 e. The summed E-state index contributed by atoms with van der Waals surface area (Å²) in [6.45, 7) is 0.362. The van der Waals surface area contributed by atoms with E-state index in [4.69, 9.17) is 5.11 Å². The van der Waals surface area contributed by atoms with E-state index in [-0.39, 0.29) is 17.0 Å². The Labute approximate surface area is 121 Å². The molecule has 0 saturated heterocycles. The summed E-state index contributed by atoms with van der Waals surface area (Å²) in [6.07, 6.45) is 6.11. The van der Waals surface area contributed by atoms with Crippen LogP contribution in [0.25, 0.3) is 0 Å². The number of nitrogens with zero attached hydrogens (tertiary/aromatic N) is 1. The summed E-state index contributed by atoms with van der Waals surface area (Å²) in [5.41, 5.74) is 1.80. The van der Waals surface area contributed by atoms with Crippen molar-refractivity contribution in [1.29, 1.82) is 0 Å². The van der Waals surface area contributed by atoms with Crippen molar-refractivity contribution in [2.24, 2.45) is 0 Å². The first kappa shape index (κ1) is 13.5. The molecular formula is C16H15NO4. The number of carboxylic acid groups (broad SMARTS) is 1. The number of allylic oxidation sites excluding steroid dienone is 1. The number of imide groups is 1. The molecule has 2 aliphatic rings. The molecule has 2 amide bonds. The largest absolute Gasteiger partial charge is 0.478 e. The van der Waals surface area contributed by atoms with E-state index < -0.39 is 11.9 Å². The van der Waals surface area contributed by atoms with Gasteiger partial charge in [-0.15, -0.1) is 0 Å². The molecule has 0 atom stereocenters. The van der Waals surface area contributed by atoms with Crippen molar-refractivity contribution in [2.45, 2.75) is 25.7 Å². The van der Waals surface area contributed by atoms with Crippen LogP contribution in [0, 0.1) is 0 Å². The molecule has 0 saturated carbocycles. The molecule has 1 heterocycles. The van der Waals surface area contributed by atoms with Crippen LogP contribution in [0.2, 0.25) is 0 Å². The second-order valence-corrected chi connectivity index (χ2v) is 5.33. The highest BCUT2D eigenvalue weighted by Gasteiger charge is 2.35. The summed E-state index contributed by atoms with van der Waals surface area (Å²) in [6, 6.07) is 4.07. The molecule has 1 aromatic rings. The highest BCUT2D eigenvalue weighted by molar-refractivity contribution is 6.21. The van der Waals surface area contributed by atoms with Gasteiger partial charge in [0.15, 0.2) is 0 Å². The zero-order valence-electron chi connectivity index (χ0n) is 11.5. The van der Waals surface area contributed by atoms with Gasteiger partial charge in [0.1, 0.15) is 0 Å². The number of hydrogen-bond acceptors (Lipinski definition) is 3. The van der Waals surface area contributed by atoms with E-state index in [2.05, 4.69) is 6.08 Å². The van der Waals surface area contributed by atoms with Gasteiger partial charge in [-0.2, -0.15) is 0 Å². The second kappa shape index (κ2) is 5.16. The molecule has 0 radical (unpaired) electrons. The summed E-state index contributed by atoms with van der Waals surface area (Å²) < 4.78 is 0. The maximum absolute atomic E-state index is 12.3. The predicted octanol–water partition coefficient (Wildman–Crippen LogP) is 2.48. The van der Waals surface area contributed by atoms with Gasteiger partial charge in [0.05, 0.1) is 16.7 Å². The molecule has 0 aromatic heterocycles. The fourth-order valence-electron chi connectivity index (χ4n) is 2.85. The van der Waals surface area contributed by atoms with Gasteiger partial charge < -0.3 is 5.11 Å². The van der Waals surface area contributed by atoms with E-state index in [9.17, 15) is 14.4 Å². The van der Waals surface area contributed by atoms with Crippen molar-refractivity contribution >= 4 is 17.8 Å². The normalized spacial score (nSPS) is 17.1. The van der Waals surface area contributed by atoms with Crippen LogP contribution in [0.15, 0.2) is 29.8 Å². The fraction of sp³-hybridized carbons (Fsp3) is 0.312. The molecule has 1 aromatic carbocycles. The third kappa shape index (κ3) is 2.35. The molecule has 108 valence electrons. The molecular weight excluding hydrogens is 270 g/mol. The van der Waals surface area contributed by atoms with E-state index >= 15 is 0 Å². The van der Waals surface area contributed by atoms with Crippen LogP contribution in [-0.4, -0.2) is 34.3 Å². The van der Waals surface area contributed by atoms with Gasteiger partial charge in [0.25, 0.3) is 11.8 Å². The maximum Gasteiger partial charge on any atom is 0.335 e. The third-order valence-corrected chi connectivity index (χ3v) is 4.01. The maximum atomic E-state index is 12.3. The van der Waals surface area contributed by atoms with Crippen molar-refractivity contribution in [2.75, 3.05) is 6.54 Å². The van der Waals surface area contributed by atoms with Gasteiger partial charge in [-0.05, 0) is 43.9 Å². The van der Waals surface area contributed by atoms with E-state index in [1.807, 2.05) is 0 Å². The summed E-state index contributed by atoms with van der Waals surface area (Å²) in [4.78, 5) is 36.7. The molecule has 5 heteroatoms. The standard InChI is InChI=1S/C16H15NO4/c18-14-12-6-5-11(16(20)21)9-13(12)15(19)17(14)8-7-10-3-1-2-4-10/h3,5-6,9H,1-2,4,7-8H2,(H,20,21). The minimum Gasteiger partial charge on any atom is -0.478 e. The first-order valence-corrected chi connectivity index (χ1v) is 6.99. The minimum absolute atomic E-state index is 0.0234. The number of rotatable bonds is 4. The summed E-state index contributed by atoms with van der Waals surface area (Å²) in [5.74, 6) is -1.82. The van der Waals surface area contributed by atoms with Gasteiger partial charge >= 0.3 is 5.97 Å². The topological polar surface area (TPSA) is 74.7 Å². The minimum atomic E-state index is -1.10. The number of aromatic carboxylic acids is 1. The third-order valence-electron chi connectivity index (χ3n) is 4.01. The number of carbonyl (C=O) groups excluding carboxylic acids is 2. The van der Waals surface area contributed by atoms with Gasteiger partial charge in [0.2, 0.25) is 0 Å². The first-order chi connectivity index (χ1) is 10.1. The highest BCUT2D eigenvalue weighted by Crippen LogP contribution is 2.26. The summed E-state index contributed by atoms with van der Waals surface area (Å²) in [5, 5.41) is 8.96. The molecule has 0 bridgehead atoms. The van der Waals surface area contributed by atoms with Crippen molar-refractivity contribution in [1.82, 2.24) is 4.90 Å². The monoisotopic (exact) mass is 285 g/mol. The zero-order valence-corrected chi connectivity index (χ0v) is 11.5. The SMILES string of the molecule is O=C(O)c1ccc2c(c1)C(=O)N(CCC1=CCCC1)C2=O. The summed E-state index contributed by atoms with van der Waals surface area (Å²) in [7, 11) is 0. The van der Waals surface area contributed by atoms with Gasteiger partial charge in [0, 0.05) is 6.54 Å². The molecule has 1 aliphatic heterocycles. The van der Waals surface area contributed by atoms with Crippen LogP contribution < -0.4 is 0 Å². The van der Waals surface area contributed by atoms with Crippen LogP contribution in [0.1, 0.15) is 56.8 Å². The van der Waals surface area contributed by atoms with E-state index in [1.165, 1.54) is 28.7 Å². The number of fused-ring (bicyclic) bond motifs is 1. The Hall–Kier alpha value is -2.43. The molecule has 0 fully saturated rings. The molecule has 0 spiro atoms. The Kier molecular flexibility index (Phi) is 3.33. The Bertz CT molecular complexity index is 675.